The van der Waals surface area contributed by atoms with Gasteiger partial charge in [0.25, 0.3) is 0 Å². The number of ether oxygens (including phenoxy) is 1. The predicted molar refractivity (Wildman–Crippen MR) is 101 cm³/mol. The number of aromatic nitrogens is 3. The van der Waals surface area contributed by atoms with Gasteiger partial charge in [-0.2, -0.15) is 4.98 Å². The predicted octanol–water partition coefficient (Wildman–Crippen LogP) is 4.34. The molecule has 0 atom stereocenters. The lowest BCUT2D eigenvalue weighted by Crippen LogP contribution is -2.36. The van der Waals surface area contributed by atoms with Crippen LogP contribution in [-0.4, -0.2) is 27.0 Å². The molecule has 1 aliphatic heterocycles. The number of amides is 1. The largest absolute Gasteiger partial charge is 0.474 e. The van der Waals surface area contributed by atoms with Crippen molar-refractivity contribution in [1.82, 2.24) is 15.0 Å². The van der Waals surface area contributed by atoms with Crippen molar-refractivity contribution in [2.24, 2.45) is 0 Å². The summed E-state index contributed by atoms with van der Waals surface area (Å²) in [6.07, 6.45) is 12.0. The minimum atomic E-state index is -0.515. The number of pyridine rings is 1. The van der Waals surface area contributed by atoms with Gasteiger partial charge in [0.2, 0.25) is 17.1 Å². The molecule has 0 unspecified atom stereocenters. The van der Waals surface area contributed by atoms with E-state index in [2.05, 4.69) is 15.0 Å². The highest BCUT2D eigenvalue weighted by Gasteiger charge is 2.54. The molecule has 7 heteroatoms. The Hall–Kier alpha value is -2.21. The van der Waals surface area contributed by atoms with Crippen LogP contribution < -0.4 is 9.64 Å². The monoisotopic (exact) mass is 384 g/mol. The van der Waals surface area contributed by atoms with Crippen LogP contribution in [0.1, 0.15) is 56.9 Å². The summed E-state index contributed by atoms with van der Waals surface area (Å²) in [7, 11) is 0. The molecule has 3 heterocycles. The van der Waals surface area contributed by atoms with Crippen molar-refractivity contribution >= 4 is 29.0 Å². The van der Waals surface area contributed by atoms with Gasteiger partial charge in [-0.3, -0.25) is 9.69 Å². The summed E-state index contributed by atoms with van der Waals surface area (Å²) in [6, 6.07) is 3.71. The highest BCUT2D eigenvalue weighted by molar-refractivity contribution is 6.28. The van der Waals surface area contributed by atoms with Crippen LogP contribution in [0.2, 0.25) is 5.28 Å². The maximum Gasteiger partial charge on any atom is 0.243 e. The van der Waals surface area contributed by atoms with Crippen molar-refractivity contribution in [1.29, 1.82) is 0 Å². The van der Waals surface area contributed by atoms with Gasteiger partial charge in [-0.25, -0.2) is 9.97 Å². The molecule has 0 saturated heterocycles. The third kappa shape index (κ3) is 2.69. The van der Waals surface area contributed by atoms with Crippen LogP contribution in [0.5, 0.6) is 5.88 Å². The Morgan fingerprint density at radius 3 is 2.56 bits per heavy atom. The van der Waals surface area contributed by atoms with Crippen molar-refractivity contribution in [3.05, 3.63) is 35.4 Å². The van der Waals surface area contributed by atoms with Crippen LogP contribution in [0, 0.1) is 0 Å². The smallest absolute Gasteiger partial charge is 0.243 e. The Morgan fingerprint density at radius 1 is 1.07 bits per heavy atom. The van der Waals surface area contributed by atoms with E-state index in [1.165, 1.54) is 12.8 Å². The summed E-state index contributed by atoms with van der Waals surface area (Å²) in [5.74, 6) is 1.25. The Balaban J connectivity index is 1.49. The molecule has 5 rings (SSSR count). The van der Waals surface area contributed by atoms with Crippen molar-refractivity contribution in [3.8, 4) is 5.88 Å². The summed E-state index contributed by atoms with van der Waals surface area (Å²) in [4.78, 5) is 28.0. The van der Waals surface area contributed by atoms with Crippen LogP contribution >= 0.6 is 11.6 Å². The molecule has 27 heavy (non-hydrogen) atoms. The van der Waals surface area contributed by atoms with Crippen LogP contribution in [0.15, 0.2) is 24.5 Å². The number of anilines is 2. The molecule has 6 nitrogen and oxygen atoms in total. The molecule has 3 aliphatic rings. The normalized spacial score (nSPS) is 21.2. The summed E-state index contributed by atoms with van der Waals surface area (Å²) < 4.78 is 5.94. The van der Waals surface area contributed by atoms with Gasteiger partial charge >= 0.3 is 0 Å². The molecule has 140 valence electrons. The average molecular weight is 385 g/mol. The zero-order valence-electron chi connectivity index (χ0n) is 15.0. The SMILES string of the molecule is O=C1N(c2ccc(OC3CCCC3)nc2)c2nc(Cl)ncc2C12CCCC2. The zero-order chi connectivity index (χ0) is 18.4. The molecule has 1 spiro atoms. The minimum Gasteiger partial charge on any atom is -0.474 e. The van der Waals surface area contributed by atoms with E-state index in [4.69, 9.17) is 16.3 Å². The number of rotatable bonds is 3. The zero-order valence-corrected chi connectivity index (χ0v) is 15.8. The van der Waals surface area contributed by atoms with Crippen LogP contribution in [0.25, 0.3) is 0 Å². The molecule has 1 amide bonds. The van der Waals surface area contributed by atoms with E-state index in [0.29, 0.717) is 17.4 Å². The van der Waals surface area contributed by atoms with E-state index in [1.807, 2.05) is 12.1 Å². The van der Waals surface area contributed by atoms with E-state index >= 15 is 0 Å². The second-order valence-corrected chi connectivity index (χ2v) is 8.02. The maximum atomic E-state index is 13.4. The number of halogens is 1. The molecule has 2 aromatic rings. The molecule has 2 aliphatic carbocycles. The third-order valence-corrected chi connectivity index (χ3v) is 6.29. The van der Waals surface area contributed by atoms with Crippen LogP contribution in [-0.2, 0) is 10.2 Å². The highest BCUT2D eigenvalue weighted by Crippen LogP contribution is 2.52. The fourth-order valence-corrected chi connectivity index (χ4v) is 4.87. The lowest BCUT2D eigenvalue weighted by molar-refractivity contribution is -0.122. The number of hydrogen-bond acceptors (Lipinski definition) is 5. The molecular weight excluding hydrogens is 364 g/mol. The fourth-order valence-electron chi connectivity index (χ4n) is 4.74. The Kier molecular flexibility index (Phi) is 4.04. The van der Waals surface area contributed by atoms with E-state index in [9.17, 15) is 4.79 Å². The first-order valence-electron chi connectivity index (χ1n) is 9.68. The first-order valence-corrected chi connectivity index (χ1v) is 10.1. The molecule has 2 fully saturated rings. The molecule has 0 aromatic carbocycles. The number of hydrogen-bond donors (Lipinski definition) is 0. The fraction of sp³-hybridized carbons (Fsp3) is 0.500. The number of carbonyl (C=O) groups excluding carboxylic acids is 1. The Labute approximate surface area is 162 Å². The van der Waals surface area contributed by atoms with Gasteiger partial charge in [0.1, 0.15) is 11.9 Å². The summed E-state index contributed by atoms with van der Waals surface area (Å²) in [5, 5.41) is 0.149. The second kappa shape index (κ2) is 6.44. The molecule has 2 saturated carbocycles. The van der Waals surface area contributed by atoms with Gasteiger partial charge in [0.05, 0.1) is 17.3 Å². The third-order valence-electron chi connectivity index (χ3n) is 6.10. The number of fused-ring (bicyclic) bond motifs is 2. The first kappa shape index (κ1) is 16.9. The van der Waals surface area contributed by atoms with Gasteiger partial charge in [-0.1, -0.05) is 12.8 Å². The maximum absolute atomic E-state index is 13.4. The highest BCUT2D eigenvalue weighted by atomic mass is 35.5. The first-order chi connectivity index (χ1) is 13.2. The van der Waals surface area contributed by atoms with Gasteiger partial charge < -0.3 is 4.74 Å². The molecule has 0 bridgehead atoms. The van der Waals surface area contributed by atoms with Crippen molar-refractivity contribution in [2.75, 3.05) is 4.90 Å². The molecular formula is C20H21ClN4O2. The lowest BCUT2D eigenvalue weighted by Gasteiger charge is -2.22. The van der Waals surface area contributed by atoms with Gasteiger partial charge in [-0.05, 0) is 56.2 Å². The van der Waals surface area contributed by atoms with Crippen molar-refractivity contribution in [2.45, 2.75) is 62.9 Å². The van der Waals surface area contributed by atoms with Gasteiger partial charge in [0, 0.05) is 17.8 Å². The minimum absolute atomic E-state index is 0.0535. The standard InChI is InChI=1S/C20H21ClN4O2/c21-19-23-12-15-17(24-19)25(18(26)20(15)9-3-4-10-20)13-7-8-16(22-11-13)27-14-5-1-2-6-14/h7-8,11-12,14H,1-6,9-10H2. The summed E-state index contributed by atoms with van der Waals surface area (Å²) in [6.45, 7) is 0. The Morgan fingerprint density at radius 2 is 1.85 bits per heavy atom. The van der Waals surface area contributed by atoms with Gasteiger partial charge in [-0.15, -0.1) is 0 Å². The van der Waals surface area contributed by atoms with E-state index in [-0.39, 0.29) is 17.3 Å². The molecule has 0 radical (unpaired) electrons. The Bertz CT molecular complexity index is 874. The van der Waals surface area contributed by atoms with E-state index < -0.39 is 5.41 Å². The molecule has 2 aromatic heterocycles. The number of carbonyl (C=O) groups is 1. The van der Waals surface area contributed by atoms with E-state index in [1.54, 1.807) is 17.3 Å². The van der Waals surface area contributed by atoms with Crippen LogP contribution in [0.3, 0.4) is 0 Å². The average Bonchev–Trinajstić information content (AvgIpc) is 3.39. The number of nitrogens with zero attached hydrogens (tertiary/aromatic N) is 4. The van der Waals surface area contributed by atoms with Crippen LogP contribution in [0.4, 0.5) is 11.5 Å². The molecule has 0 N–H and O–H groups in total. The van der Waals surface area contributed by atoms with Crippen molar-refractivity contribution in [3.63, 3.8) is 0 Å². The second-order valence-electron chi connectivity index (χ2n) is 7.69. The van der Waals surface area contributed by atoms with Crippen molar-refractivity contribution < 1.29 is 9.53 Å². The lowest BCUT2D eigenvalue weighted by atomic mass is 9.81. The quantitative estimate of drug-likeness (QED) is 0.736. The topological polar surface area (TPSA) is 68.2 Å². The summed E-state index contributed by atoms with van der Waals surface area (Å²) in [5.41, 5.74) is 1.07. The van der Waals surface area contributed by atoms with E-state index in [0.717, 1.165) is 44.1 Å². The summed E-state index contributed by atoms with van der Waals surface area (Å²) >= 11 is 6.04. The van der Waals surface area contributed by atoms with Gasteiger partial charge in [0.15, 0.2) is 0 Å².